The summed E-state index contributed by atoms with van der Waals surface area (Å²) in [7, 11) is 1.60. The fraction of sp³-hybridized carbons (Fsp3) is 0.529. The fourth-order valence-corrected chi connectivity index (χ4v) is 2.09. The van der Waals surface area contributed by atoms with Gasteiger partial charge in [-0.05, 0) is 30.0 Å². The lowest BCUT2D eigenvalue weighted by Crippen LogP contribution is -2.33. The van der Waals surface area contributed by atoms with Crippen molar-refractivity contribution in [2.45, 2.75) is 39.7 Å². The lowest BCUT2D eigenvalue weighted by Gasteiger charge is -2.18. The second-order valence-corrected chi connectivity index (χ2v) is 5.76. The Hall–Kier alpha value is -2.04. The molecule has 22 heavy (non-hydrogen) atoms. The Balaban J connectivity index is 2.67. The molecule has 0 aliphatic heterocycles. The molecule has 0 fully saturated rings. The number of carbonyl (C=O) groups excluding carboxylic acids is 2. The highest BCUT2D eigenvalue weighted by Crippen LogP contribution is 2.20. The molecule has 0 spiro atoms. The summed E-state index contributed by atoms with van der Waals surface area (Å²) in [6.45, 7) is 6.34. The number of nitrogens with one attached hydrogen (secondary N) is 2. The zero-order valence-corrected chi connectivity index (χ0v) is 13.8. The van der Waals surface area contributed by atoms with Crippen molar-refractivity contribution in [3.05, 3.63) is 29.8 Å². The summed E-state index contributed by atoms with van der Waals surface area (Å²) in [5.41, 5.74) is 0.884. The first-order valence-corrected chi connectivity index (χ1v) is 7.60. The summed E-state index contributed by atoms with van der Waals surface area (Å²) in [6.07, 6.45) is 1.17. The van der Waals surface area contributed by atoms with E-state index in [1.54, 1.807) is 7.11 Å². The topological polar surface area (TPSA) is 67.4 Å². The third kappa shape index (κ3) is 6.61. The van der Waals surface area contributed by atoms with E-state index in [1.165, 1.54) is 6.92 Å². The molecule has 0 aromatic heterocycles. The van der Waals surface area contributed by atoms with Gasteiger partial charge in [-0.3, -0.25) is 9.59 Å². The maximum absolute atomic E-state index is 12.0. The van der Waals surface area contributed by atoms with Crippen LogP contribution in [0.4, 0.5) is 0 Å². The van der Waals surface area contributed by atoms with Crippen LogP contribution in [0.5, 0.6) is 5.75 Å². The molecule has 0 saturated carbocycles. The molecule has 2 amide bonds. The van der Waals surface area contributed by atoms with Crippen LogP contribution >= 0.6 is 0 Å². The monoisotopic (exact) mass is 306 g/mol. The van der Waals surface area contributed by atoms with Crippen molar-refractivity contribution in [2.24, 2.45) is 5.92 Å². The van der Waals surface area contributed by atoms with Gasteiger partial charge in [0.05, 0.1) is 19.6 Å². The number of hydrogen-bond donors (Lipinski definition) is 2. The number of rotatable bonds is 8. The maximum Gasteiger partial charge on any atom is 0.222 e. The molecule has 0 bridgehead atoms. The van der Waals surface area contributed by atoms with Crippen molar-refractivity contribution >= 4 is 11.8 Å². The summed E-state index contributed by atoms with van der Waals surface area (Å²) in [6, 6.07) is 7.03. The van der Waals surface area contributed by atoms with Crippen molar-refractivity contribution in [3.8, 4) is 5.75 Å². The average Bonchev–Trinajstić information content (AvgIpc) is 2.46. The zero-order chi connectivity index (χ0) is 16.5. The number of ether oxygens (including phenoxy) is 1. The largest absolute Gasteiger partial charge is 0.497 e. The third-order valence-corrected chi connectivity index (χ3v) is 3.33. The van der Waals surface area contributed by atoms with Gasteiger partial charge >= 0.3 is 0 Å². The van der Waals surface area contributed by atoms with Crippen LogP contribution in [0.2, 0.25) is 0 Å². The van der Waals surface area contributed by atoms with Crippen molar-refractivity contribution < 1.29 is 14.3 Å². The number of methoxy groups -OCH3 is 1. The predicted molar refractivity (Wildman–Crippen MR) is 86.6 cm³/mol. The molecule has 5 heteroatoms. The maximum atomic E-state index is 12.0. The van der Waals surface area contributed by atoms with Crippen LogP contribution in [-0.2, 0) is 9.59 Å². The quantitative estimate of drug-likeness (QED) is 0.775. The van der Waals surface area contributed by atoms with Crippen LogP contribution in [0.3, 0.4) is 0 Å². The Bertz CT molecular complexity index is 483. The molecule has 1 atom stereocenters. The highest BCUT2D eigenvalue weighted by molar-refractivity contribution is 5.79. The Morgan fingerprint density at radius 3 is 2.32 bits per heavy atom. The highest BCUT2D eigenvalue weighted by Gasteiger charge is 2.17. The molecular weight excluding hydrogens is 280 g/mol. The molecule has 1 unspecified atom stereocenters. The summed E-state index contributed by atoms with van der Waals surface area (Å²) in [5, 5.41) is 5.72. The van der Waals surface area contributed by atoms with Crippen molar-refractivity contribution in [1.82, 2.24) is 10.6 Å². The van der Waals surface area contributed by atoms with E-state index >= 15 is 0 Å². The van der Waals surface area contributed by atoms with Crippen LogP contribution in [0.1, 0.15) is 45.2 Å². The van der Waals surface area contributed by atoms with Crippen molar-refractivity contribution in [1.29, 1.82) is 0 Å². The van der Waals surface area contributed by atoms with E-state index in [0.717, 1.165) is 17.7 Å². The highest BCUT2D eigenvalue weighted by atomic mass is 16.5. The molecule has 0 aliphatic rings. The van der Waals surface area contributed by atoms with Crippen LogP contribution in [0.15, 0.2) is 24.3 Å². The molecule has 0 saturated heterocycles. The van der Waals surface area contributed by atoms with Crippen LogP contribution in [-0.4, -0.2) is 25.5 Å². The van der Waals surface area contributed by atoms with E-state index < -0.39 is 0 Å². The van der Waals surface area contributed by atoms with Crippen LogP contribution in [0, 0.1) is 5.92 Å². The molecule has 5 nitrogen and oxygen atoms in total. The summed E-state index contributed by atoms with van der Waals surface area (Å²) < 4.78 is 5.12. The van der Waals surface area contributed by atoms with E-state index in [0.29, 0.717) is 12.5 Å². The van der Waals surface area contributed by atoms with Gasteiger partial charge in [-0.15, -0.1) is 0 Å². The van der Waals surface area contributed by atoms with E-state index in [-0.39, 0.29) is 24.3 Å². The third-order valence-electron chi connectivity index (χ3n) is 3.33. The summed E-state index contributed by atoms with van der Waals surface area (Å²) in [5.74, 6) is 1.07. The van der Waals surface area contributed by atoms with Gasteiger partial charge in [0.25, 0.3) is 0 Å². The SMILES string of the molecule is COc1ccc(C(CC(=O)NCCC(C)C)NC(C)=O)cc1. The van der Waals surface area contributed by atoms with Crippen molar-refractivity contribution in [2.75, 3.05) is 13.7 Å². The standard InChI is InChI=1S/C17H26N2O3/c1-12(2)9-10-18-17(21)11-16(19-13(3)20)14-5-7-15(22-4)8-6-14/h5-8,12,16H,9-11H2,1-4H3,(H,18,21)(H,19,20). The van der Waals surface area contributed by atoms with Crippen LogP contribution in [0.25, 0.3) is 0 Å². The van der Waals surface area contributed by atoms with Gasteiger partial charge < -0.3 is 15.4 Å². The molecule has 0 heterocycles. The average molecular weight is 306 g/mol. The number of hydrogen-bond acceptors (Lipinski definition) is 3. The first-order valence-electron chi connectivity index (χ1n) is 7.60. The van der Waals surface area contributed by atoms with Gasteiger partial charge in [-0.2, -0.15) is 0 Å². The second-order valence-electron chi connectivity index (χ2n) is 5.76. The minimum atomic E-state index is -0.331. The normalized spacial score (nSPS) is 11.9. The van der Waals surface area contributed by atoms with Crippen molar-refractivity contribution in [3.63, 3.8) is 0 Å². The Kier molecular flexibility index (Phi) is 7.43. The Morgan fingerprint density at radius 2 is 1.82 bits per heavy atom. The Morgan fingerprint density at radius 1 is 1.18 bits per heavy atom. The molecule has 0 radical (unpaired) electrons. The van der Waals surface area contributed by atoms with Gasteiger partial charge in [-0.25, -0.2) is 0 Å². The minimum Gasteiger partial charge on any atom is -0.497 e. The summed E-state index contributed by atoms with van der Waals surface area (Å²) in [4.78, 5) is 23.4. The first kappa shape index (κ1) is 18.0. The number of carbonyl (C=O) groups is 2. The molecule has 2 N–H and O–H groups in total. The second kappa shape index (κ2) is 9.07. The molecule has 1 rings (SSSR count). The van der Waals surface area contributed by atoms with Gasteiger partial charge in [-0.1, -0.05) is 26.0 Å². The minimum absolute atomic E-state index is 0.0600. The smallest absolute Gasteiger partial charge is 0.222 e. The van der Waals surface area contributed by atoms with E-state index in [2.05, 4.69) is 24.5 Å². The van der Waals surface area contributed by atoms with Gasteiger partial charge in [0.1, 0.15) is 5.75 Å². The lowest BCUT2D eigenvalue weighted by atomic mass is 10.0. The van der Waals surface area contributed by atoms with E-state index in [9.17, 15) is 9.59 Å². The summed E-state index contributed by atoms with van der Waals surface area (Å²) >= 11 is 0. The molecule has 1 aromatic rings. The van der Waals surface area contributed by atoms with Crippen LogP contribution < -0.4 is 15.4 Å². The predicted octanol–water partition coefficient (Wildman–Crippen LogP) is 2.42. The van der Waals surface area contributed by atoms with Gasteiger partial charge in [0.2, 0.25) is 11.8 Å². The zero-order valence-electron chi connectivity index (χ0n) is 13.8. The number of benzene rings is 1. The van der Waals surface area contributed by atoms with Gasteiger partial charge in [0.15, 0.2) is 0 Å². The Labute approximate surface area is 132 Å². The fourth-order valence-electron chi connectivity index (χ4n) is 2.09. The molecule has 0 aliphatic carbocycles. The van der Waals surface area contributed by atoms with E-state index in [4.69, 9.17) is 4.74 Å². The molecular formula is C17H26N2O3. The number of amides is 2. The van der Waals surface area contributed by atoms with E-state index in [1.807, 2.05) is 24.3 Å². The molecule has 122 valence electrons. The molecule has 1 aromatic carbocycles. The first-order chi connectivity index (χ1) is 10.4. The lowest BCUT2D eigenvalue weighted by molar-refractivity contribution is -0.122. The van der Waals surface area contributed by atoms with Gasteiger partial charge in [0, 0.05) is 13.5 Å².